The molecule has 0 saturated carbocycles. The van der Waals surface area contributed by atoms with Crippen LogP contribution in [-0.2, 0) is 23.0 Å². The van der Waals surface area contributed by atoms with Crippen molar-refractivity contribution in [1.82, 2.24) is 9.78 Å². The van der Waals surface area contributed by atoms with Crippen LogP contribution in [0.15, 0.2) is 36.5 Å². The molecule has 1 unspecified atom stereocenters. The lowest BCUT2D eigenvalue weighted by atomic mass is 10.1. The fourth-order valence-electron chi connectivity index (χ4n) is 2.22. The lowest BCUT2D eigenvalue weighted by Crippen LogP contribution is -2.23. The molecule has 1 heterocycles. The molecule has 0 aliphatic carbocycles. The van der Waals surface area contributed by atoms with Crippen LogP contribution in [0.1, 0.15) is 31.1 Å². The summed E-state index contributed by atoms with van der Waals surface area (Å²) in [6.07, 6.45) is 2.68. The van der Waals surface area contributed by atoms with E-state index < -0.39 is 6.04 Å². The van der Waals surface area contributed by atoms with Crippen LogP contribution in [0.4, 0.5) is 5.69 Å². The Morgan fingerprint density at radius 3 is 2.67 bits per heavy atom. The molecule has 112 valence electrons. The summed E-state index contributed by atoms with van der Waals surface area (Å²) in [5.74, 6) is -0.283. The van der Waals surface area contributed by atoms with Gasteiger partial charge in [-0.25, -0.2) is 4.79 Å². The second-order valence-electron chi connectivity index (χ2n) is 4.76. The average molecular weight is 287 g/mol. The van der Waals surface area contributed by atoms with Gasteiger partial charge in [0.1, 0.15) is 0 Å². The van der Waals surface area contributed by atoms with Crippen LogP contribution in [0.25, 0.3) is 0 Å². The molecule has 0 aliphatic rings. The van der Waals surface area contributed by atoms with Gasteiger partial charge in [0.15, 0.2) is 6.04 Å². The van der Waals surface area contributed by atoms with E-state index in [1.54, 1.807) is 4.68 Å². The summed E-state index contributed by atoms with van der Waals surface area (Å²) in [5, 5.41) is 7.65. The molecule has 1 aromatic heterocycles. The third-order valence-corrected chi connectivity index (χ3v) is 3.20. The molecule has 0 fully saturated rings. The van der Waals surface area contributed by atoms with Crippen molar-refractivity contribution in [3.63, 3.8) is 0 Å². The van der Waals surface area contributed by atoms with Crippen LogP contribution in [0.5, 0.6) is 0 Å². The molecule has 0 saturated heterocycles. The number of carbonyl (C=O) groups is 1. The maximum atomic E-state index is 12.2. The topological polar surface area (TPSA) is 56.1 Å². The Labute approximate surface area is 124 Å². The molecule has 2 rings (SSSR count). The molecule has 1 atom stereocenters. The number of carbonyl (C=O) groups excluding carboxylic acids is 1. The molecule has 0 radical (unpaired) electrons. The number of hydrogen-bond acceptors (Lipinski definition) is 4. The lowest BCUT2D eigenvalue weighted by molar-refractivity contribution is -0.144. The molecule has 0 aliphatic heterocycles. The molecule has 2 aromatic rings. The number of esters is 1. The monoisotopic (exact) mass is 287 g/mol. The van der Waals surface area contributed by atoms with Gasteiger partial charge < -0.3 is 10.1 Å². The van der Waals surface area contributed by atoms with Gasteiger partial charge in [0.25, 0.3) is 0 Å². The number of rotatable bonds is 6. The Hall–Kier alpha value is -2.30. The van der Waals surface area contributed by atoms with Crippen molar-refractivity contribution in [1.29, 1.82) is 0 Å². The Morgan fingerprint density at radius 1 is 1.33 bits per heavy atom. The first-order valence-corrected chi connectivity index (χ1v) is 7.16. The summed E-state index contributed by atoms with van der Waals surface area (Å²) in [7, 11) is 1.87. The average Bonchev–Trinajstić information content (AvgIpc) is 2.85. The summed E-state index contributed by atoms with van der Waals surface area (Å²) in [6, 6.07) is 9.04. The fourth-order valence-corrected chi connectivity index (χ4v) is 2.22. The summed E-state index contributed by atoms with van der Waals surface area (Å²) in [6.45, 7) is 4.20. The zero-order valence-electron chi connectivity index (χ0n) is 12.7. The normalized spacial score (nSPS) is 12.0. The molecule has 1 aromatic carbocycles. The highest BCUT2D eigenvalue weighted by Gasteiger charge is 2.23. The molecule has 0 bridgehead atoms. The van der Waals surface area contributed by atoms with Crippen molar-refractivity contribution in [3.8, 4) is 0 Å². The number of nitrogens with one attached hydrogen (secondary N) is 1. The van der Waals surface area contributed by atoms with Crippen LogP contribution in [-0.4, -0.2) is 22.4 Å². The van der Waals surface area contributed by atoms with Gasteiger partial charge in [-0.3, -0.25) is 4.68 Å². The quantitative estimate of drug-likeness (QED) is 0.830. The van der Waals surface area contributed by atoms with Crippen LogP contribution < -0.4 is 5.32 Å². The zero-order valence-corrected chi connectivity index (χ0v) is 12.7. The van der Waals surface area contributed by atoms with Gasteiger partial charge in [-0.15, -0.1) is 0 Å². The maximum absolute atomic E-state index is 12.2. The van der Waals surface area contributed by atoms with Gasteiger partial charge in [0.2, 0.25) is 0 Å². The van der Waals surface area contributed by atoms with E-state index in [2.05, 4.69) is 10.4 Å². The van der Waals surface area contributed by atoms with E-state index in [0.717, 1.165) is 23.4 Å². The minimum absolute atomic E-state index is 0.283. The van der Waals surface area contributed by atoms with E-state index in [1.165, 1.54) is 0 Å². The second kappa shape index (κ2) is 6.92. The Bertz CT molecular complexity index is 593. The van der Waals surface area contributed by atoms with Gasteiger partial charge in [-0.2, -0.15) is 5.10 Å². The third kappa shape index (κ3) is 3.62. The highest BCUT2D eigenvalue weighted by Crippen LogP contribution is 2.23. The fraction of sp³-hybridized carbons (Fsp3) is 0.375. The first-order chi connectivity index (χ1) is 10.2. The highest BCUT2D eigenvalue weighted by molar-refractivity contribution is 5.81. The van der Waals surface area contributed by atoms with Gasteiger partial charge in [-0.05, 0) is 18.9 Å². The second-order valence-corrected chi connectivity index (χ2v) is 4.76. The van der Waals surface area contributed by atoms with E-state index in [0.29, 0.717) is 6.61 Å². The van der Waals surface area contributed by atoms with Gasteiger partial charge in [-0.1, -0.05) is 37.3 Å². The molecule has 1 N–H and O–H groups in total. The number of ether oxygens (including phenoxy) is 1. The molecule has 5 heteroatoms. The molecular weight excluding hydrogens is 266 g/mol. The smallest absolute Gasteiger partial charge is 0.333 e. The largest absolute Gasteiger partial charge is 0.464 e. The van der Waals surface area contributed by atoms with E-state index in [-0.39, 0.29) is 5.97 Å². The Morgan fingerprint density at radius 2 is 2.05 bits per heavy atom. The van der Waals surface area contributed by atoms with E-state index in [9.17, 15) is 4.79 Å². The Kier molecular flexibility index (Phi) is 4.98. The van der Waals surface area contributed by atoms with Crippen molar-refractivity contribution in [3.05, 3.63) is 47.8 Å². The van der Waals surface area contributed by atoms with Crippen molar-refractivity contribution in [2.75, 3.05) is 11.9 Å². The standard InChI is InChI=1S/C16H21N3O2/c1-4-13-14(11-19(3)18-13)17-15(16(20)21-5-2)12-9-7-6-8-10-12/h6-11,15,17H,4-5H2,1-3H3. The molecule has 0 amide bonds. The molecular formula is C16H21N3O2. The first kappa shape index (κ1) is 15.1. The number of anilines is 1. The minimum Gasteiger partial charge on any atom is -0.464 e. The SMILES string of the molecule is CCOC(=O)C(Nc1cn(C)nc1CC)c1ccccc1. The van der Waals surface area contributed by atoms with Crippen molar-refractivity contribution in [2.24, 2.45) is 7.05 Å². The number of aromatic nitrogens is 2. The van der Waals surface area contributed by atoms with Crippen molar-refractivity contribution < 1.29 is 9.53 Å². The van der Waals surface area contributed by atoms with Crippen LogP contribution in [0, 0.1) is 0 Å². The first-order valence-electron chi connectivity index (χ1n) is 7.16. The Balaban J connectivity index is 2.29. The number of benzene rings is 1. The number of aryl methyl sites for hydroxylation is 2. The summed E-state index contributed by atoms with van der Waals surface area (Å²) >= 11 is 0. The van der Waals surface area contributed by atoms with E-state index >= 15 is 0 Å². The lowest BCUT2D eigenvalue weighted by Gasteiger charge is -2.18. The van der Waals surface area contributed by atoms with Crippen LogP contribution >= 0.6 is 0 Å². The predicted octanol–water partition coefficient (Wildman–Crippen LogP) is 2.70. The maximum Gasteiger partial charge on any atom is 0.333 e. The third-order valence-electron chi connectivity index (χ3n) is 3.20. The molecule has 21 heavy (non-hydrogen) atoms. The summed E-state index contributed by atoms with van der Waals surface area (Å²) < 4.78 is 6.93. The van der Waals surface area contributed by atoms with Gasteiger partial charge in [0, 0.05) is 13.2 Å². The van der Waals surface area contributed by atoms with E-state index in [4.69, 9.17) is 4.74 Å². The zero-order chi connectivity index (χ0) is 15.2. The van der Waals surface area contributed by atoms with Gasteiger partial charge in [0.05, 0.1) is 18.0 Å². The van der Waals surface area contributed by atoms with Crippen LogP contribution in [0.2, 0.25) is 0 Å². The molecule has 0 spiro atoms. The van der Waals surface area contributed by atoms with Gasteiger partial charge >= 0.3 is 5.97 Å². The van der Waals surface area contributed by atoms with Crippen molar-refractivity contribution in [2.45, 2.75) is 26.3 Å². The predicted molar refractivity (Wildman–Crippen MR) is 82.0 cm³/mol. The summed E-state index contributed by atoms with van der Waals surface area (Å²) in [5.41, 5.74) is 2.67. The molecule has 5 nitrogen and oxygen atoms in total. The number of nitrogens with zero attached hydrogens (tertiary/aromatic N) is 2. The van der Waals surface area contributed by atoms with Crippen LogP contribution in [0.3, 0.4) is 0 Å². The highest BCUT2D eigenvalue weighted by atomic mass is 16.5. The summed E-state index contributed by atoms with van der Waals surface area (Å²) in [4.78, 5) is 12.2. The minimum atomic E-state index is -0.527. The van der Waals surface area contributed by atoms with E-state index in [1.807, 2.05) is 57.4 Å². The number of hydrogen-bond donors (Lipinski definition) is 1. The van der Waals surface area contributed by atoms with Crippen molar-refractivity contribution >= 4 is 11.7 Å².